The second-order valence-corrected chi connectivity index (χ2v) is 20.0. The highest BCUT2D eigenvalue weighted by atomic mass is 14.7. The summed E-state index contributed by atoms with van der Waals surface area (Å²) in [5.74, 6) is 0. The van der Waals surface area contributed by atoms with E-state index in [2.05, 4.69) is 257 Å². The number of aryl methyl sites for hydroxylation is 2. The van der Waals surface area contributed by atoms with E-state index >= 15 is 0 Å². The lowest BCUT2D eigenvalue weighted by molar-refractivity contribution is 1.32. The van der Waals surface area contributed by atoms with Gasteiger partial charge in [-0.05, 0) is 164 Å². The number of nitrogens with zero attached hydrogens (tertiary/aromatic N) is 2. The second-order valence-electron chi connectivity index (χ2n) is 20.0. The molecule has 2 nitrogen and oxygen atoms in total. The van der Waals surface area contributed by atoms with Crippen LogP contribution in [0.1, 0.15) is 11.1 Å². The molecular weight excluding hydrogens is 893 g/mol. The maximum atomic E-state index is 5.48. The molecule has 0 N–H and O–H groups in total. The first-order valence-corrected chi connectivity index (χ1v) is 25.6. The Morgan fingerprint density at radius 1 is 0.216 bits per heavy atom. The first-order chi connectivity index (χ1) is 36.6. The molecule has 344 valence electrons. The van der Waals surface area contributed by atoms with Crippen molar-refractivity contribution in [2.24, 2.45) is 0 Å². The van der Waals surface area contributed by atoms with Crippen molar-refractivity contribution in [3.63, 3.8) is 0 Å². The topological polar surface area (TPSA) is 25.8 Å². The van der Waals surface area contributed by atoms with E-state index in [0.29, 0.717) is 0 Å². The van der Waals surface area contributed by atoms with Crippen LogP contribution in [0.5, 0.6) is 0 Å². The predicted octanol–water partition coefficient (Wildman–Crippen LogP) is 19.7. The number of pyridine rings is 2. The zero-order valence-electron chi connectivity index (χ0n) is 41.0. The summed E-state index contributed by atoms with van der Waals surface area (Å²) in [6, 6.07) is 89.2. The summed E-state index contributed by atoms with van der Waals surface area (Å²) in [5, 5.41) is 17.6. The van der Waals surface area contributed by atoms with Crippen molar-refractivity contribution in [2.45, 2.75) is 13.8 Å². The minimum Gasteiger partial charge on any atom is -0.248 e. The van der Waals surface area contributed by atoms with Crippen LogP contribution in [0.15, 0.2) is 243 Å². The first kappa shape index (κ1) is 42.2. The van der Waals surface area contributed by atoms with Crippen LogP contribution in [-0.4, -0.2) is 9.97 Å². The number of benzene rings is 11. The van der Waals surface area contributed by atoms with Crippen molar-refractivity contribution < 1.29 is 0 Å². The van der Waals surface area contributed by atoms with E-state index < -0.39 is 0 Å². The van der Waals surface area contributed by atoms with Crippen LogP contribution in [0, 0.1) is 13.8 Å². The largest absolute Gasteiger partial charge is 0.248 e. The standard InChI is InChI=1S/C72H46N2/c1-43-20-17-21-44(2)65(43)55-36-37-58-68-54(55)33-19-35-57(68)72-67(50-40-63(47-26-11-5-12-27-47)74-64(41-50)48-28-13-6-14-29-48)70-56-34-18-32-53-51-30-15-16-31-52(51)59(69(53)56)42-60(70)66(71(58)72)49-38-61(45-22-7-3-8-23-45)73-62(39-49)46-24-9-4-10-25-46/h3-42H,1-2H3. The van der Waals surface area contributed by atoms with Crippen molar-refractivity contribution in [3.8, 4) is 78.4 Å². The Labute approximate surface area is 429 Å². The van der Waals surface area contributed by atoms with Gasteiger partial charge in [0.05, 0.1) is 22.8 Å². The molecular formula is C72H46N2. The summed E-state index contributed by atoms with van der Waals surface area (Å²) < 4.78 is 0. The minimum atomic E-state index is 0.936. The molecule has 0 radical (unpaired) electrons. The Morgan fingerprint density at radius 2 is 0.595 bits per heavy atom. The highest BCUT2D eigenvalue weighted by molar-refractivity contribution is 6.45. The molecule has 0 spiro atoms. The predicted molar refractivity (Wildman–Crippen MR) is 314 cm³/mol. The molecule has 13 aromatic carbocycles. The van der Waals surface area contributed by atoms with Gasteiger partial charge < -0.3 is 0 Å². The summed E-state index contributed by atoms with van der Waals surface area (Å²) >= 11 is 0. The van der Waals surface area contributed by atoms with Crippen LogP contribution in [0.4, 0.5) is 0 Å². The van der Waals surface area contributed by atoms with Crippen LogP contribution >= 0.6 is 0 Å². The van der Waals surface area contributed by atoms with Crippen molar-refractivity contribution in [1.82, 2.24) is 9.97 Å². The fourth-order valence-corrected chi connectivity index (χ4v) is 12.6. The van der Waals surface area contributed by atoms with Crippen LogP contribution in [0.2, 0.25) is 0 Å². The normalized spacial score (nSPS) is 11.9. The van der Waals surface area contributed by atoms with E-state index in [1.54, 1.807) is 0 Å². The third kappa shape index (κ3) is 6.38. The Balaban J connectivity index is 1.21. The van der Waals surface area contributed by atoms with E-state index in [0.717, 1.165) is 56.2 Å². The zero-order chi connectivity index (χ0) is 49.0. The number of aromatic nitrogens is 2. The molecule has 15 rings (SSSR count). The van der Waals surface area contributed by atoms with E-state index in [1.165, 1.54) is 109 Å². The molecule has 2 heteroatoms. The molecule has 0 aliphatic carbocycles. The second kappa shape index (κ2) is 16.5. The number of fused-ring (bicyclic) bond motifs is 8. The highest BCUT2D eigenvalue weighted by Gasteiger charge is 2.29. The lowest BCUT2D eigenvalue weighted by Gasteiger charge is -2.21. The number of hydrogen-bond acceptors (Lipinski definition) is 2. The molecule has 0 amide bonds. The van der Waals surface area contributed by atoms with Gasteiger partial charge in [0, 0.05) is 22.3 Å². The van der Waals surface area contributed by atoms with Gasteiger partial charge in [0.15, 0.2) is 0 Å². The summed E-state index contributed by atoms with van der Waals surface area (Å²) in [5.41, 5.74) is 17.8. The summed E-state index contributed by atoms with van der Waals surface area (Å²) in [7, 11) is 0. The molecule has 0 aliphatic heterocycles. The Morgan fingerprint density at radius 3 is 1.12 bits per heavy atom. The number of hydrogen-bond donors (Lipinski definition) is 0. The molecule has 0 saturated carbocycles. The van der Waals surface area contributed by atoms with Gasteiger partial charge in [-0.3, -0.25) is 0 Å². The fourth-order valence-electron chi connectivity index (χ4n) is 12.6. The molecule has 0 atom stereocenters. The zero-order valence-corrected chi connectivity index (χ0v) is 41.0. The van der Waals surface area contributed by atoms with Crippen LogP contribution < -0.4 is 0 Å². The maximum Gasteiger partial charge on any atom is 0.0715 e. The van der Waals surface area contributed by atoms with Gasteiger partial charge in [0.2, 0.25) is 0 Å². The molecule has 2 aromatic heterocycles. The van der Waals surface area contributed by atoms with Gasteiger partial charge in [0.1, 0.15) is 0 Å². The number of rotatable bonds is 7. The quantitative estimate of drug-likeness (QED) is 0.149. The van der Waals surface area contributed by atoms with Crippen molar-refractivity contribution in [1.29, 1.82) is 0 Å². The van der Waals surface area contributed by atoms with Crippen molar-refractivity contribution in [3.05, 3.63) is 254 Å². The molecule has 0 bridgehead atoms. The van der Waals surface area contributed by atoms with Crippen LogP contribution in [-0.2, 0) is 0 Å². The van der Waals surface area contributed by atoms with Crippen LogP contribution in [0.3, 0.4) is 0 Å². The third-order valence-electron chi connectivity index (χ3n) is 15.8. The van der Waals surface area contributed by atoms with Gasteiger partial charge in [-0.25, -0.2) is 9.97 Å². The summed E-state index contributed by atoms with van der Waals surface area (Å²) in [6.45, 7) is 4.50. The van der Waals surface area contributed by atoms with E-state index in [9.17, 15) is 0 Å². The highest BCUT2D eigenvalue weighted by Crippen LogP contribution is 2.56. The van der Waals surface area contributed by atoms with Gasteiger partial charge in [0.25, 0.3) is 0 Å². The van der Waals surface area contributed by atoms with E-state index in [1.807, 2.05) is 0 Å². The molecule has 0 fully saturated rings. The monoisotopic (exact) mass is 938 g/mol. The fraction of sp³-hybridized carbons (Fsp3) is 0.0278. The summed E-state index contributed by atoms with van der Waals surface area (Å²) in [4.78, 5) is 10.9. The van der Waals surface area contributed by atoms with Crippen molar-refractivity contribution in [2.75, 3.05) is 0 Å². The Bertz CT molecular complexity index is 4560. The lowest BCUT2D eigenvalue weighted by Crippen LogP contribution is -1.96. The molecule has 15 aromatic rings. The summed E-state index contributed by atoms with van der Waals surface area (Å²) in [6.07, 6.45) is 0. The lowest BCUT2D eigenvalue weighted by atomic mass is 9.83. The van der Waals surface area contributed by atoms with Crippen molar-refractivity contribution >= 4 is 75.4 Å². The van der Waals surface area contributed by atoms with Gasteiger partial charge in [-0.1, -0.05) is 212 Å². The minimum absolute atomic E-state index is 0.936. The Kier molecular flexibility index (Phi) is 9.43. The average molecular weight is 939 g/mol. The van der Waals surface area contributed by atoms with E-state index in [-0.39, 0.29) is 0 Å². The van der Waals surface area contributed by atoms with E-state index in [4.69, 9.17) is 9.97 Å². The van der Waals surface area contributed by atoms with Crippen LogP contribution in [0.25, 0.3) is 154 Å². The SMILES string of the molecule is Cc1cccc(C)c1-c1ccc2c3c(-c4cc(-c5ccccc5)nc(-c5ccccc5)c4)c4cc5c6ccccc6c6cccc(c4c(-c4cc(-c7ccccc7)nc(-c7ccccc7)c4)c3c3cccc1c23)c65. The smallest absolute Gasteiger partial charge is 0.0715 e. The maximum absolute atomic E-state index is 5.48. The average Bonchev–Trinajstić information content (AvgIpc) is 4.09. The molecule has 2 heterocycles. The molecule has 0 aliphatic rings. The third-order valence-corrected chi connectivity index (χ3v) is 15.8. The molecule has 0 saturated heterocycles. The van der Waals surface area contributed by atoms with Gasteiger partial charge >= 0.3 is 0 Å². The Hall–Kier alpha value is -9.50. The molecule has 0 unspecified atom stereocenters. The molecule has 74 heavy (non-hydrogen) atoms. The first-order valence-electron chi connectivity index (χ1n) is 25.6. The van der Waals surface area contributed by atoms with Gasteiger partial charge in [-0.2, -0.15) is 0 Å². The van der Waals surface area contributed by atoms with Gasteiger partial charge in [-0.15, -0.1) is 0 Å².